The van der Waals surface area contributed by atoms with E-state index in [1.165, 1.54) is 44.6 Å². The summed E-state index contributed by atoms with van der Waals surface area (Å²) in [5.41, 5.74) is 1.45. The van der Waals surface area contributed by atoms with Crippen LogP contribution >= 0.6 is 0 Å². The van der Waals surface area contributed by atoms with Crippen LogP contribution in [0.3, 0.4) is 0 Å². The van der Waals surface area contributed by atoms with Crippen molar-refractivity contribution in [2.45, 2.75) is 58.8 Å². The number of carbonyl (C=O) groups excluding carboxylic acids is 2. The van der Waals surface area contributed by atoms with Gasteiger partial charge in [0.15, 0.2) is 5.78 Å². The molecule has 1 aliphatic carbocycles. The monoisotopic (exact) mass is 370 g/mol. The van der Waals surface area contributed by atoms with Crippen LogP contribution in [-0.2, 0) is 0 Å². The van der Waals surface area contributed by atoms with Crippen LogP contribution in [-0.4, -0.2) is 42.6 Å². The van der Waals surface area contributed by atoms with Crippen molar-refractivity contribution in [3.05, 3.63) is 47.2 Å². The molecule has 0 unspecified atom stereocenters. The number of hydrogen-bond acceptors (Lipinski definition) is 4. The Balaban J connectivity index is 1.80. The summed E-state index contributed by atoms with van der Waals surface area (Å²) in [6.07, 6.45) is 9.99. The Morgan fingerprint density at radius 2 is 1.41 bits per heavy atom. The predicted octanol–water partition coefficient (Wildman–Crippen LogP) is 4.61. The lowest BCUT2D eigenvalue weighted by Crippen LogP contribution is -2.31. The SMILES string of the molecule is CCCCCN(CCCCC)CCCNC1=CC(=O)c2ccccc2C1=O. The highest BCUT2D eigenvalue weighted by Crippen LogP contribution is 2.19. The van der Waals surface area contributed by atoms with Gasteiger partial charge in [0.25, 0.3) is 0 Å². The Labute approximate surface area is 164 Å². The molecule has 0 saturated heterocycles. The minimum atomic E-state index is -0.0894. The van der Waals surface area contributed by atoms with Crippen molar-refractivity contribution < 1.29 is 9.59 Å². The van der Waals surface area contributed by atoms with Gasteiger partial charge in [0.2, 0.25) is 5.78 Å². The van der Waals surface area contributed by atoms with Gasteiger partial charge in [0.05, 0.1) is 5.70 Å². The standard InChI is InChI=1S/C23H34N2O2/c1-3-5-9-15-25(16-10-6-4-2)17-11-14-24-21-18-22(26)19-12-7-8-13-20(19)23(21)27/h7-8,12-13,18,24H,3-6,9-11,14-17H2,1-2H3. The molecule has 0 aliphatic heterocycles. The Morgan fingerprint density at radius 3 is 2.04 bits per heavy atom. The van der Waals surface area contributed by atoms with Gasteiger partial charge in [-0.05, 0) is 38.9 Å². The molecule has 148 valence electrons. The zero-order chi connectivity index (χ0) is 19.5. The molecule has 0 heterocycles. The molecule has 0 spiro atoms. The van der Waals surface area contributed by atoms with E-state index in [0.717, 1.165) is 26.1 Å². The normalized spacial score (nSPS) is 13.7. The first-order chi connectivity index (χ1) is 13.2. The highest BCUT2D eigenvalue weighted by molar-refractivity contribution is 6.24. The van der Waals surface area contributed by atoms with Gasteiger partial charge in [-0.1, -0.05) is 63.8 Å². The second-order valence-electron chi connectivity index (χ2n) is 7.33. The molecule has 1 aromatic carbocycles. The second-order valence-corrected chi connectivity index (χ2v) is 7.33. The number of ketones is 2. The van der Waals surface area contributed by atoms with Crippen LogP contribution in [0.25, 0.3) is 0 Å². The average molecular weight is 371 g/mol. The molecule has 1 aliphatic rings. The van der Waals surface area contributed by atoms with E-state index < -0.39 is 0 Å². The maximum Gasteiger partial charge on any atom is 0.209 e. The molecule has 0 saturated carbocycles. The third-order valence-electron chi connectivity index (χ3n) is 5.08. The van der Waals surface area contributed by atoms with Gasteiger partial charge in [-0.2, -0.15) is 0 Å². The zero-order valence-corrected chi connectivity index (χ0v) is 16.9. The Bertz CT molecular complexity index is 642. The Kier molecular flexibility index (Phi) is 9.26. The summed E-state index contributed by atoms with van der Waals surface area (Å²) >= 11 is 0. The minimum absolute atomic E-state index is 0.0760. The number of Topliss-reactive ketones (excluding diaryl/α,β-unsaturated/α-hetero) is 1. The van der Waals surface area contributed by atoms with Gasteiger partial charge in [-0.15, -0.1) is 0 Å². The van der Waals surface area contributed by atoms with Crippen molar-refractivity contribution in [2.24, 2.45) is 0 Å². The molecule has 0 bridgehead atoms. The fraction of sp³-hybridized carbons (Fsp3) is 0.565. The zero-order valence-electron chi connectivity index (χ0n) is 16.9. The number of nitrogens with one attached hydrogen (secondary N) is 1. The molecule has 4 nitrogen and oxygen atoms in total. The third kappa shape index (κ3) is 6.62. The van der Waals surface area contributed by atoms with E-state index in [0.29, 0.717) is 23.4 Å². The van der Waals surface area contributed by atoms with Crippen LogP contribution in [0.2, 0.25) is 0 Å². The molecule has 0 radical (unpaired) electrons. The number of benzene rings is 1. The summed E-state index contributed by atoms with van der Waals surface area (Å²) in [7, 11) is 0. The van der Waals surface area contributed by atoms with Crippen LogP contribution in [0, 0.1) is 0 Å². The summed E-state index contributed by atoms with van der Waals surface area (Å²) in [6, 6.07) is 7.04. The van der Waals surface area contributed by atoms with Crippen LogP contribution in [0.5, 0.6) is 0 Å². The number of fused-ring (bicyclic) bond motifs is 1. The van der Waals surface area contributed by atoms with Crippen molar-refractivity contribution in [2.75, 3.05) is 26.2 Å². The van der Waals surface area contributed by atoms with Crippen molar-refractivity contribution in [3.63, 3.8) is 0 Å². The molecule has 0 aromatic heterocycles. The number of carbonyl (C=O) groups is 2. The molecular weight excluding hydrogens is 336 g/mol. The van der Waals surface area contributed by atoms with Gasteiger partial charge in [-0.25, -0.2) is 0 Å². The van der Waals surface area contributed by atoms with Crippen molar-refractivity contribution in [1.29, 1.82) is 0 Å². The lowest BCUT2D eigenvalue weighted by molar-refractivity contribution is 0.0978. The van der Waals surface area contributed by atoms with Crippen LogP contribution in [0.15, 0.2) is 36.0 Å². The van der Waals surface area contributed by atoms with E-state index in [4.69, 9.17) is 0 Å². The molecule has 2 rings (SSSR count). The van der Waals surface area contributed by atoms with Crippen LogP contribution in [0.1, 0.15) is 79.5 Å². The van der Waals surface area contributed by atoms with Crippen LogP contribution in [0.4, 0.5) is 0 Å². The van der Waals surface area contributed by atoms with Gasteiger partial charge < -0.3 is 10.2 Å². The summed E-state index contributed by atoms with van der Waals surface area (Å²) in [5.74, 6) is -0.165. The largest absolute Gasteiger partial charge is 0.382 e. The Hall–Kier alpha value is -1.94. The summed E-state index contributed by atoms with van der Waals surface area (Å²) < 4.78 is 0. The van der Waals surface area contributed by atoms with Crippen molar-refractivity contribution >= 4 is 11.6 Å². The highest BCUT2D eigenvalue weighted by atomic mass is 16.1. The molecular formula is C23H34N2O2. The van der Waals surface area contributed by atoms with Crippen molar-refractivity contribution in [3.8, 4) is 0 Å². The maximum absolute atomic E-state index is 12.5. The summed E-state index contributed by atoms with van der Waals surface area (Å²) in [5, 5.41) is 3.20. The van der Waals surface area contributed by atoms with E-state index in [-0.39, 0.29) is 11.6 Å². The van der Waals surface area contributed by atoms with E-state index >= 15 is 0 Å². The topological polar surface area (TPSA) is 49.4 Å². The first-order valence-electron chi connectivity index (χ1n) is 10.5. The second kappa shape index (κ2) is 11.7. The third-order valence-corrected chi connectivity index (χ3v) is 5.08. The lowest BCUT2D eigenvalue weighted by Gasteiger charge is -2.23. The van der Waals surface area contributed by atoms with Gasteiger partial charge in [0.1, 0.15) is 0 Å². The van der Waals surface area contributed by atoms with Gasteiger partial charge >= 0.3 is 0 Å². The fourth-order valence-corrected chi connectivity index (χ4v) is 3.48. The smallest absolute Gasteiger partial charge is 0.209 e. The average Bonchev–Trinajstić information content (AvgIpc) is 2.68. The molecule has 27 heavy (non-hydrogen) atoms. The number of rotatable bonds is 13. The molecule has 4 heteroatoms. The van der Waals surface area contributed by atoms with Gasteiger partial charge in [-0.3, -0.25) is 9.59 Å². The number of unbranched alkanes of at least 4 members (excludes halogenated alkanes) is 4. The van der Waals surface area contributed by atoms with Crippen LogP contribution < -0.4 is 5.32 Å². The Morgan fingerprint density at radius 1 is 0.815 bits per heavy atom. The lowest BCUT2D eigenvalue weighted by atomic mass is 9.93. The van der Waals surface area contributed by atoms with Gasteiger partial charge in [0, 0.05) is 23.7 Å². The summed E-state index contributed by atoms with van der Waals surface area (Å²) in [4.78, 5) is 27.3. The number of nitrogens with zero attached hydrogens (tertiary/aromatic N) is 1. The fourth-order valence-electron chi connectivity index (χ4n) is 3.48. The molecule has 0 atom stereocenters. The number of allylic oxidation sites excluding steroid dienone is 2. The predicted molar refractivity (Wildman–Crippen MR) is 111 cm³/mol. The minimum Gasteiger partial charge on any atom is -0.382 e. The van der Waals surface area contributed by atoms with E-state index in [1.807, 2.05) is 0 Å². The first-order valence-corrected chi connectivity index (χ1v) is 10.5. The number of hydrogen-bond donors (Lipinski definition) is 1. The van der Waals surface area contributed by atoms with E-state index in [9.17, 15) is 9.59 Å². The first kappa shape index (κ1) is 21.4. The maximum atomic E-state index is 12.5. The molecule has 0 amide bonds. The summed E-state index contributed by atoms with van der Waals surface area (Å²) in [6.45, 7) is 8.53. The van der Waals surface area contributed by atoms with Crippen molar-refractivity contribution in [1.82, 2.24) is 10.2 Å². The van der Waals surface area contributed by atoms with E-state index in [2.05, 4.69) is 24.1 Å². The molecule has 1 N–H and O–H groups in total. The quantitative estimate of drug-likeness (QED) is 0.515. The van der Waals surface area contributed by atoms with E-state index in [1.54, 1.807) is 24.3 Å². The highest BCUT2D eigenvalue weighted by Gasteiger charge is 2.24. The molecule has 0 fully saturated rings. The molecule has 1 aromatic rings.